The first-order valence-electron chi connectivity index (χ1n) is 6.41. The van der Waals surface area contributed by atoms with Crippen molar-refractivity contribution in [3.8, 4) is 0 Å². The maximum absolute atomic E-state index is 5.89. The number of hydrogen-bond acceptors (Lipinski definition) is 3. The number of nitrogens with zero attached hydrogens (tertiary/aromatic N) is 2. The summed E-state index contributed by atoms with van der Waals surface area (Å²) >= 11 is 7.48. The first-order chi connectivity index (χ1) is 8.06. The van der Waals surface area contributed by atoms with E-state index in [0.717, 1.165) is 13.1 Å². The highest BCUT2D eigenvalue weighted by atomic mass is 35.5. The van der Waals surface area contributed by atoms with Crippen LogP contribution in [0.25, 0.3) is 0 Å². The van der Waals surface area contributed by atoms with Crippen LogP contribution in [-0.4, -0.2) is 22.5 Å². The lowest BCUT2D eigenvalue weighted by Crippen LogP contribution is -2.36. The van der Waals surface area contributed by atoms with Crippen LogP contribution in [0.5, 0.6) is 0 Å². The van der Waals surface area contributed by atoms with Crippen LogP contribution in [0.3, 0.4) is 0 Å². The molecule has 0 amide bonds. The van der Waals surface area contributed by atoms with E-state index >= 15 is 0 Å². The summed E-state index contributed by atoms with van der Waals surface area (Å²) < 4.78 is 0.647. The molecule has 1 heterocycles. The molecule has 0 aliphatic carbocycles. The van der Waals surface area contributed by atoms with E-state index in [2.05, 4.69) is 37.6 Å². The van der Waals surface area contributed by atoms with Gasteiger partial charge in [0.15, 0.2) is 4.47 Å². The van der Waals surface area contributed by atoms with Gasteiger partial charge in [-0.15, -0.1) is 11.3 Å². The molecule has 0 N–H and O–H groups in total. The Morgan fingerprint density at radius 3 is 2.41 bits per heavy atom. The topological polar surface area (TPSA) is 16.1 Å². The van der Waals surface area contributed by atoms with Gasteiger partial charge in [-0.25, -0.2) is 4.98 Å². The van der Waals surface area contributed by atoms with Gasteiger partial charge in [0.2, 0.25) is 0 Å². The number of rotatable bonds is 7. The second kappa shape index (κ2) is 7.34. The summed E-state index contributed by atoms with van der Waals surface area (Å²) in [5, 5.41) is 0. The molecule has 1 rings (SSSR count). The summed E-state index contributed by atoms with van der Waals surface area (Å²) in [6.45, 7) is 11.2. The zero-order valence-electron chi connectivity index (χ0n) is 11.2. The molecule has 0 aliphatic rings. The predicted octanol–water partition coefficient (Wildman–Crippen LogP) is 4.44. The fraction of sp³-hybridized carbons (Fsp3) is 0.769. The van der Waals surface area contributed by atoms with Gasteiger partial charge in [0.1, 0.15) is 0 Å². The van der Waals surface area contributed by atoms with Gasteiger partial charge >= 0.3 is 0 Å². The van der Waals surface area contributed by atoms with E-state index in [1.165, 1.54) is 17.7 Å². The van der Waals surface area contributed by atoms with Crippen molar-refractivity contribution in [1.82, 2.24) is 9.88 Å². The highest BCUT2D eigenvalue weighted by Crippen LogP contribution is 2.22. The van der Waals surface area contributed by atoms with Gasteiger partial charge in [0, 0.05) is 30.2 Å². The van der Waals surface area contributed by atoms with Crippen LogP contribution in [0, 0.1) is 5.92 Å². The van der Waals surface area contributed by atoms with Crippen LogP contribution in [0.1, 0.15) is 45.4 Å². The molecule has 1 aromatic heterocycles. The summed E-state index contributed by atoms with van der Waals surface area (Å²) in [4.78, 5) is 7.95. The van der Waals surface area contributed by atoms with E-state index in [9.17, 15) is 0 Å². The standard InChI is InChI=1S/C13H23ClN2S/c1-5-11(6-2)16(8-10(3)4)9-12-7-15-13(14)17-12/h7,10-11H,5-6,8-9H2,1-4H3. The minimum Gasteiger partial charge on any atom is -0.295 e. The second-order valence-electron chi connectivity index (χ2n) is 4.87. The maximum atomic E-state index is 5.89. The molecule has 1 aromatic rings. The molecule has 0 saturated heterocycles. The third-order valence-corrected chi connectivity index (χ3v) is 4.04. The molecule has 0 fully saturated rings. The number of hydrogen-bond donors (Lipinski definition) is 0. The van der Waals surface area contributed by atoms with Crippen LogP contribution >= 0.6 is 22.9 Å². The number of thiazole rings is 1. The molecule has 2 nitrogen and oxygen atoms in total. The highest BCUT2D eigenvalue weighted by molar-refractivity contribution is 7.15. The first kappa shape index (κ1) is 14.9. The molecule has 17 heavy (non-hydrogen) atoms. The Morgan fingerprint density at radius 1 is 1.35 bits per heavy atom. The van der Waals surface area contributed by atoms with Gasteiger partial charge in [-0.3, -0.25) is 4.90 Å². The molecule has 0 atom stereocenters. The van der Waals surface area contributed by atoms with Gasteiger partial charge in [-0.1, -0.05) is 39.3 Å². The molecule has 98 valence electrons. The average Bonchev–Trinajstić information content (AvgIpc) is 2.65. The number of aromatic nitrogens is 1. The predicted molar refractivity (Wildman–Crippen MR) is 76.7 cm³/mol. The molecular formula is C13H23ClN2S. The fourth-order valence-electron chi connectivity index (χ4n) is 2.17. The summed E-state index contributed by atoms with van der Waals surface area (Å²) in [6, 6.07) is 0.665. The Kier molecular flexibility index (Phi) is 6.45. The van der Waals surface area contributed by atoms with E-state index in [-0.39, 0.29) is 0 Å². The average molecular weight is 275 g/mol. The Hall–Kier alpha value is -0.120. The van der Waals surface area contributed by atoms with Gasteiger partial charge < -0.3 is 0 Å². The van der Waals surface area contributed by atoms with Crippen LogP contribution in [0.15, 0.2) is 6.20 Å². The molecule has 0 aliphatic heterocycles. The lowest BCUT2D eigenvalue weighted by atomic mass is 10.1. The fourth-order valence-corrected chi connectivity index (χ4v) is 3.18. The Labute approximate surface area is 114 Å². The largest absolute Gasteiger partial charge is 0.295 e. The molecule has 0 spiro atoms. The van der Waals surface area contributed by atoms with Crippen LogP contribution < -0.4 is 0 Å². The summed E-state index contributed by atoms with van der Waals surface area (Å²) in [5.74, 6) is 0.694. The summed E-state index contributed by atoms with van der Waals surface area (Å²) in [6.07, 6.45) is 4.31. The summed E-state index contributed by atoms with van der Waals surface area (Å²) in [5.41, 5.74) is 0. The molecule has 0 aromatic carbocycles. The second-order valence-corrected chi connectivity index (χ2v) is 6.57. The van der Waals surface area contributed by atoms with E-state index in [1.54, 1.807) is 11.3 Å². The van der Waals surface area contributed by atoms with E-state index in [1.807, 2.05) is 6.20 Å². The normalized spacial score (nSPS) is 12.0. The molecule has 0 radical (unpaired) electrons. The third-order valence-electron chi connectivity index (χ3n) is 2.94. The van der Waals surface area contributed by atoms with Crippen molar-refractivity contribution >= 4 is 22.9 Å². The zero-order valence-corrected chi connectivity index (χ0v) is 12.8. The van der Waals surface area contributed by atoms with Gasteiger partial charge in [0.05, 0.1) is 0 Å². The molecular weight excluding hydrogens is 252 g/mol. The van der Waals surface area contributed by atoms with Crippen LogP contribution in [-0.2, 0) is 6.54 Å². The van der Waals surface area contributed by atoms with E-state index in [0.29, 0.717) is 16.4 Å². The Balaban J connectivity index is 2.68. The van der Waals surface area contributed by atoms with Crippen LogP contribution in [0.4, 0.5) is 0 Å². The van der Waals surface area contributed by atoms with E-state index in [4.69, 9.17) is 11.6 Å². The van der Waals surface area contributed by atoms with E-state index < -0.39 is 0 Å². The summed E-state index contributed by atoms with van der Waals surface area (Å²) in [7, 11) is 0. The molecule has 0 unspecified atom stereocenters. The molecule has 4 heteroatoms. The SMILES string of the molecule is CCC(CC)N(Cc1cnc(Cl)s1)CC(C)C. The minimum absolute atomic E-state index is 0.647. The monoisotopic (exact) mass is 274 g/mol. The lowest BCUT2D eigenvalue weighted by molar-refractivity contribution is 0.159. The van der Waals surface area contributed by atoms with Crippen molar-refractivity contribution in [2.75, 3.05) is 6.54 Å². The quantitative estimate of drug-likeness (QED) is 0.731. The van der Waals surface area contributed by atoms with Gasteiger partial charge in [0.25, 0.3) is 0 Å². The minimum atomic E-state index is 0.647. The van der Waals surface area contributed by atoms with Crippen molar-refractivity contribution in [1.29, 1.82) is 0 Å². The third kappa shape index (κ3) is 4.94. The van der Waals surface area contributed by atoms with Crippen molar-refractivity contribution in [2.24, 2.45) is 5.92 Å². The van der Waals surface area contributed by atoms with Crippen molar-refractivity contribution < 1.29 is 0 Å². The van der Waals surface area contributed by atoms with Crippen LogP contribution in [0.2, 0.25) is 4.47 Å². The van der Waals surface area contributed by atoms with Gasteiger partial charge in [-0.05, 0) is 18.8 Å². The highest BCUT2D eigenvalue weighted by Gasteiger charge is 2.17. The first-order valence-corrected chi connectivity index (χ1v) is 7.60. The van der Waals surface area contributed by atoms with Gasteiger partial charge in [-0.2, -0.15) is 0 Å². The maximum Gasteiger partial charge on any atom is 0.183 e. The lowest BCUT2D eigenvalue weighted by Gasteiger charge is -2.31. The van der Waals surface area contributed by atoms with Crippen molar-refractivity contribution in [3.63, 3.8) is 0 Å². The van der Waals surface area contributed by atoms with Crippen molar-refractivity contribution in [2.45, 2.75) is 53.1 Å². The zero-order chi connectivity index (χ0) is 12.8. The smallest absolute Gasteiger partial charge is 0.183 e. The molecule has 0 saturated carbocycles. The molecule has 0 bridgehead atoms. The number of halogens is 1. The van der Waals surface area contributed by atoms with Crippen molar-refractivity contribution in [3.05, 3.63) is 15.5 Å². The Bertz CT molecular complexity index is 321. The Morgan fingerprint density at radius 2 is 2.00 bits per heavy atom.